The molecule has 2 aromatic rings. The number of methoxy groups -OCH3 is 1. The number of rotatable bonds is 2. The zero-order valence-electron chi connectivity index (χ0n) is 11.5. The van der Waals surface area contributed by atoms with Gasteiger partial charge in [-0.1, -0.05) is 11.6 Å². The van der Waals surface area contributed by atoms with Crippen molar-refractivity contribution >= 4 is 17.6 Å². The van der Waals surface area contributed by atoms with Crippen LogP contribution in [0.2, 0.25) is 5.15 Å². The molecule has 1 unspecified atom stereocenters. The number of halogens is 1. The van der Waals surface area contributed by atoms with Crippen molar-refractivity contribution in [2.45, 2.75) is 25.3 Å². The number of imidazole rings is 1. The minimum absolute atomic E-state index is 0.180. The molecule has 0 amide bonds. The number of phenolic OH excluding ortho intramolecular Hbond substituents is 1. The van der Waals surface area contributed by atoms with Crippen molar-refractivity contribution in [2.24, 2.45) is 0 Å². The Labute approximate surface area is 127 Å². The molecular weight excluding hydrogens is 292 g/mol. The third-order valence-electron chi connectivity index (χ3n) is 3.76. The summed E-state index contributed by atoms with van der Waals surface area (Å²) < 4.78 is 6.76. The van der Waals surface area contributed by atoms with Gasteiger partial charge in [0.15, 0.2) is 5.15 Å². The van der Waals surface area contributed by atoms with E-state index in [4.69, 9.17) is 16.3 Å². The summed E-state index contributed by atoms with van der Waals surface area (Å²) in [5, 5.41) is 9.82. The van der Waals surface area contributed by atoms with Gasteiger partial charge in [0.2, 0.25) is 0 Å². The van der Waals surface area contributed by atoms with E-state index in [1.54, 1.807) is 24.3 Å². The summed E-state index contributed by atoms with van der Waals surface area (Å²) >= 11 is 6.22. The van der Waals surface area contributed by atoms with Gasteiger partial charge >= 0.3 is 5.97 Å². The number of phenols is 1. The second-order valence-corrected chi connectivity index (χ2v) is 5.38. The first-order chi connectivity index (χ1) is 10.1. The maximum absolute atomic E-state index is 12.0. The molecule has 1 atom stereocenters. The maximum atomic E-state index is 12.0. The van der Waals surface area contributed by atoms with Crippen LogP contribution in [0, 0.1) is 0 Å². The third kappa shape index (κ3) is 2.38. The number of hydrogen-bond acceptors (Lipinski definition) is 4. The minimum Gasteiger partial charge on any atom is -0.508 e. The lowest BCUT2D eigenvalue weighted by molar-refractivity contribution is -0.145. The predicted octanol–water partition coefficient (Wildman–Crippen LogP) is 2.96. The largest absolute Gasteiger partial charge is 0.508 e. The maximum Gasteiger partial charge on any atom is 0.328 e. The molecule has 0 fully saturated rings. The molecule has 0 saturated carbocycles. The fourth-order valence-corrected chi connectivity index (χ4v) is 3.03. The van der Waals surface area contributed by atoms with Crippen LogP contribution in [-0.2, 0) is 16.0 Å². The second-order valence-electron chi connectivity index (χ2n) is 5.02. The summed E-state index contributed by atoms with van der Waals surface area (Å²) in [4.78, 5) is 16.4. The van der Waals surface area contributed by atoms with Crippen LogP contribution in [0.25, 0.3) is 11.4 Å². The Hall–Kier alpha value is -2.01. The summed E-state index contributed by atoms with van der Waals surface area (Å²) in [5.41, 5.74) is 1.66. The van der Waals surface area contributed by atoms with Gasteiger partial charge in [0.25, 0.3) is 0 Å². The summed E-state index contributed by atoms with van der Waals surface area (Å²) in [6.45, 7) is 0. The molecule has 0 aliphatic carbocycles. The highest BCUT2D eigenvalue weighted by Crippen LogP contribution is 2.36. The lowest BCUT2D eigenvalue weighted by Gasteiger charge is -2.25. The van der Waals surface area contributed by atoms with Crippen molar-refractivity contribution in [2.75, 3.05) is 7.11 Å². The Morgan fingerprint density at radius 3 is 2.81 bits per heavy atom. The van der Waals surface area contributed by atoms with E-state index in [9.17, 15) is 9.90 Å². The SMILES string of the molecule is COC(=O)C1CCCc2c(Cl)nc(-c3ccc(O)cc3)n21. The highest BCUT2D eigenvalue weighted by Gasteiger charge is 2.32. The highest BCUT2D eigenvalue weighted by molar-refractivity contribution is 6.30. The van der Waals surface area contributed by atoms with Gasteiger partial charge in [-0.3, -0.25) is 0 Å². The van der Waals surface area contributed by atoms with Crippen LogP contribution in [0.3, 0.4) is 0 Å². The molecule has 5 nitrogen and oxygen atoms in total. The first-order valence-corrected chi connectivity index (χ1v) is 7.13. The Balaban J connectivity index is 2.14. The quantitative estimate of drug-likeness (QED) is 0.866. The van der Waals surface area contributed by atoms with Crippen molar-refractivity contribution in [3.8, 4) is 17.1 Å². The van der Waals surface area contributed by atoms with E-state index in [1.807, 2.05) is 4.57 Å². The van der Waals surface area contributed by atoms with Gasteiger partial charge in [0.05, 0.1) is 12.8 Å². The summed E-state index contributed by atoms with van der Waals surface area (Å²) in [6.07, 6.45) is 2.37. The van der Waals surface area contributed by atoms with Crippen LogP contribution < -0.4 is 0 Å². The molecule has 0 saturated heterocycles. The summed E-state index contributed by atoms with van der Waals surface area (Å²) in [6, 6.07) is 6.28. The number of aromatic nitrogens is 2. The molecule has 0 radical (unpaired) electrons. The minimum atomic E-state index is -0.400. The van der Waals surface area contributed by atoms with Crippen molar-refractivity contribution in [1.82, 2.24) is 9.55 Å². The van der Waals surface area contributed by atoms with Crippen LogP contribution in [0.15, 0.2) is 24.3 Å². The summed E-state index contributed by atoms with van der Waals surface area (Å²) in [5.74, 6) is 0.523. The fourth-order valence-electron chi connectivity index (χ4n) is 2.76. The van der Waals surface area contributed by atoms with Crippen LogP contribution in [0.1, 0.15) is 24.6 Å². The molecule has 21 heavy (non-hydrogen) atoms. The molecule has 0 bridgehead atoms. The van der Waals surface area contributed by atoms with Crippen LogP contribution in [0.5, 0.6) is 5.75 Å². The van der Waals surface area contributed by atoms with E-state index in [1.165, 1.54) is 7.11 Å². The molecule has 0 spiro atoms. The number of esters is 1. The first kappa shape index (κ1) is 13.9. The third-order valence-corrected chi connectivity index (χ3v) is 4.07. The van der Waals surface area contributed by atoms with Gasteiger partial charge in [-0.15, -0.1) is 0 Å². The monoisotopic (exact) mass is 306 g/mol. The highest BCUT2D eigenvalue weighted by atomic mass is 35.5. The lowest BCUT2D eigenvalue weighted by atomic mass is 10.0. The molecular formula is C15H15ClN2O3. The van der Waals surface area contributed by atoms with Gasteiger partial charge in [-0.2, -0.15) is 0 Å². The average molecular weight is 307 g/mol. The Kier molecular flexibility index (Phi) is 3.59. The fraction of sp³-hybridized carbons (Fsp3) is 0.333. The molecule has 110 valence electrons. The Bertz CT molecular complexity index is 679. The summed E-state index contributed by atoms with van der Waals surface area (Å²) in [7, 11) is 1.38. The smallest absolute Gasteiger partial charge is 0.328 e. The van der Waals surface area contributed by atoms with Gasteiger partial charge < -0.3 is 14.4 Å². The standard InChI is InChI=1S/C15H15ClN2O3/c1-21-15(20)12-4-2-3-11-13(16)17-14(18(11)12)9-5-7-10(19)8-6-9/h5-8,12,19H,2-4H2,1H3. The van der Waals surface area contributed by atoms with Crippen molar-refractivity contribution in [1.29, 1.82) is 0 Å². The number of aromatic hydroxyl groups is 1. The van der Waals surface area contributed by atoms with E-state index < -0.39 is 6.04 Å². The van der Waals surface area contributed by atoms with E-state index in [0.717, 1.165) is 24.1 Å². The average Bonchev–Trinajstić information content (AvgIpc) is 2.85. The van der Waals surface area contributed by atoms with E-state index in [0.29, 0.717) is 17.4 Å². The van der Waals surface area contributed by atoms with Crippen molar-refractivity contribution in [3.63, 3.8) is 0 Å². The number of nitrogens with zero attached hydrogens (tertiary/aromatic N) is 2. The Morgan fingerprint density at radius 2 is 2.14 bits per heavy atom. The number of fused-ring (bicyclic) bond motifs is 1. The van der Waals surface area contributed by atoms with Gasteiger partial charge in [0, 0.05) is 5.56 Å². The molecule has 1 N–H and O–H groups in total. The normalized spacial score (nSPS) is 17.3. The molecule has 1 aromatic heterocycles. The zero-order valence-corrected chi connectivity index (χ0v) is 12.3. The molecule has 1 aliphatic rings. The predicted molar refractivity (Wildman–Crippen MR) is 78.3 cm³/mol. The number of carbonyl (C=O) groups excluding carboxylic acids is 1. The van der Waals surface area contributed by atoms with Crippen LogP contribution >= 0.6 is 11.6 Å². The molecule has 1 aliphatic heterocycles. The topological polar surface area (TPSA) is 64.3 Å². The van der Waals surface area contributed by atoms with Crippen LogP contribution in [0.4, 0.5) is 0 Å². The lowest BCUT2D eigenvalue weighted by Crippen LogP contribution is -2.26. The van der Waals surface area contributed by atoms with E-state index >= 15 is 0 Å². The van der Waals surface area contributed by atoms with E-state index in [2.05, 4.69) is 4.98 Å². The number of hydrogen-bond donors (Lipinski definition) is 1. The second kappa shape index (κ2) is 5.41. The van der Waals surface area contributed by atoms with Gasteiger partial charge in [0.1, 0.15) is 17.6 Å². The molecule has 1 aromatic carbocycles. The Morgan fingerprint density at radius 1 is 1.43 bits per heavy atom. The first-order valence-electron chi connectivity index (χ1n) is 6.75. The zero-order chi connectivity index (χ0) is 15.0. The van der Waals surface area contributed by atoms with E-state index in [-0.39, 0.29) is 11.7 Å². The molecule has 2 heterocycles. The van der Waals surface area contributed by atoms with Gasteiger partial charge in [-0.05, 0) is 43.5 Å². The van der Waals surface area contributed by atoms with Gasteiger partial charge in [-0.25, -0.2) is 9.78 Å². The molecule has 3 rings (SSSR count). The number of ether oxygens (including phenoxy) is 1. The van der Waals surface area contributed by atoms with Crippen molar-refractivity contribution in [3.05, 3.63) is 35.1 Å². The number of benzene rings is 1. The number of carbonyl (C=O) groups is 1. The molecule has 6 heteroatoms. The van der Waals surface area contributed by atoms with Crippen LogP contribution in [-0.4, -0.2) is 27.7 Å². The van der Waals surface area contributed by atoms with Crippen molar-refractivity contribution < 1.29 is 14.6 Å².